The van der Waals surface area contributed by atoms with Crippen LogP contribution in [0.25, 0.3) is 10.2 Å². The third kappa shape index (κ3) is 3.33. The second-order valence-corrected chi connectivity index (χ2v) is 7.04. The fraction of sp³-hybridized carbons (Fsp3) is 0.278. The molecule has 6 nitrogen and oxygen atoms in total. The predicted molar refractivity (Wildman–Crippen MR) is 101 cm³/mol. The molecule has 2 aromatic heterocycles. The minimum absolute atomic E-state index is 0.0836. The molecule has 4 rings (SSSR count). The number of benzene rings is 1. The van der Waals surface area contributed by atoms with Crippen LogP contribution in [0.4, 0.5) is 11.6 Å². The van der Waals surface area contributed by atoms with Gasteiger partial charge in [0.15, 0.2) is 0 Å². The van der Waals surface area contributed by atoms with Crippen LogP contribution >= 0.6 is 11.3 Å². The highest BCUT2D eigenvalue weighted by molar-refractivity contribution is 7.17. The van der Waals surface area contributed by atoms with Gasteiger partial charge in [-0.1, -0.05) is 0 Å². The molecule has 1 amide bonds. The maximum Gasteiger partial charge on any atom is 0.253 e. The molecule has 1 saturated heterocycles. The van der Waals surface area contributed by atoms with E-state index < -0.39 is 0 Å². The van der Waals surface area contributed by atoms with Crippen molar-refractivity contribution < 1.29 is 4.79 Å². The van der Waals surface area contributed by atoms with Crippen molar-refractivity contribution in [2.45, 2.75) is 12.5 Å². The first-order chi connectivity index (χ1) is 12.2. The molecule has 0 radical (unpaired) electrons. The Morgan fingerprint density at radius 3 is 2.88 bits per heavy atom. The number of amides is 1. The van der Waals surface area contributed by atoms with Gasteiger partial charge >= 0.3 is 0 Å². The molecule has 1 aliphatic heterocycles. The summed E-state index contributed by atoms with van der Waals surface area (Å²) in [5, 5.41) is 8.42. The summed E-state index contributed by atoms with van der Waals surface area (Å²) in [5.74, 6) is 0.640. The normalized spacial score (nSPS) is 17.2. The minimum Gasteiger partial charge on any atom is -0.337 e. The first-order valence-corrected chi connectivity index (χ1v) is 9.15. The average molecular weight is 353 g/mol. The van der Waals surface area contributed by atoms with Crippen molar-refractivity contribution in [3.63, 3.8) is 0 Å². The third-order valence-corrected chi connectivity index (χ3v) is 5.32. The van der Waals surface area contributed by atoms with E-state index in [1.54, 1.807) is 11.3 Å². The van der Waals surface area contributed by atoms with Crippen molar-refractivity contribution >= 4 is 39.1 Å². The molecule has 3 heterocycles. The first kappa shape index (κ1) is 16.0. The molecule has 2 N–H and O–H groups in total. The summed E-state index contributed by atoms with van der Waals surface area (Å²) >= 11 is 1.62. The predicted octanol–water partition coefficient (Wildman–Crippen LogP) is 2.87. The van der Waals surface area contributed by atoms with Crippen LogP contribution in [-0.4, -0.2) is 47.0 Å². The number of hydrogen-bond donors (Lipinski definition) is 2. The van der Waals surface area contributed by atoms with E-state index in [0.29, 0.717) is 17.6 Å². The number of aromatic nitrogens is 2. The summed E-state index contributed by atoms with van der Waals surface area (Å²) in [7, 11) is 1.94. The number of likely N-dealkylation sites (tertiary alicyclic amines) is 1. The summed E-state index contributed by atoms with van der Waals surface area (Å²) in [6.45, 7) is 1.57. The van der Waals surface area contributed by atoms with Crippen LogP contribution in [0, 0.1) is 0 Å². The van der Waals surface area contributed by atoms with Gasteiger partial charge in [0.25, 0.3) is 5.91 Å². The van der Waals surface area contributed by atoms with Crippen molar-refractivity contribution in [3.05, 3.63) is 47.5 Å². The quantitative estimate of drug-likeness (QED) is 0.755. The van der Waals surface area contributed by atoms with Crippen LogP contribution in [0.5, 0.6) is 0 Å². The zero-order chi connectivity index (χ0) is 17.2. The molecule has 1 unspecified atom stereocenters. The lowest BCUT2D eigenvalue weighted by Gasteiger charge is -2.16. The van der Waals surface area contributed by atoms with Crippen molar-refractivity contribution in [2.24, 2.45) is 0 Å². The van der Waals surface area contributed by atoms with E-state index in [9.17, 15) is 4.79 Å². The number of likely N-dealkylation sites (N-methyl/N-ethyl adjacent to an activating group) is 1. The van der Waals surface area contributed by atoms with E-state index in [0.717, 1.165) is 35.4 Å². The Kier molecular flexibility index (Phi) is 4.33. The highest BCUT2D eigenvalue weighted by atomic mass is 32.1. The molecule has 1 aliphatic rings. The van der Waals surface area contributed by atoms with Gasteiger partial charge in [-0.25, -0.2) is 9.97 Å². The Labute approximate surface area is 149 Å². The lowest BCUT2D eigenvalue weighted by atomic mass is 10.2. The van der Waals surface area contributed by atoms with Crippen LogP contribution in [0.3, 0.4) is 0 Å². The van der Waals surface area contributed by atoms with Gasteiger partial charge in [0.2, 0.25) is 5.95 Å². The van der Waals surface area contributed by atoms with Gasteiger partial charge in [-0.15, -0.1) is 11.3 Å². The van der Waals surface area contributed by atoms with Crippen LogP contribution in [0.15, 0.2) is 41.9 Å². The largest absolute Gasteiger partial charge is 0.337 e. The number of thiophene rings is 1. The Bertz CT molecular complexity index is 892. The van der Waals surface area contributed by atoms with E-state index >= 15 is 0 Å². The van der Waals surface area contributed by atoms with Gasteiger partial charge in [-0.2, -0.15) is 0 Å². The second kappa shape index (κ2) is 6.78. The maximum atomic E-state index is 12.5. The van der Waals surface area contributed by atoms with Crippen LogP contribution in [-0.2, 0) is 0 Å². The standard InChI is InChI=1S/C18H19N5OS/c1-19-14-6-8-23(11-14)17(24)12-2-4-13(5-3-12)21-18-20-10-16-15(22-18)7-9-25-16/h2-5,7,9-10,14,19H,6,8,11H2,1H3,(H,20,21,22). The molecule has 1 atom stereocenters. The number of nitrogens with one attached hydrogen (secondary N) is 2. The van der Waals surface area contributed by atoms with Gasteiger partial charge in [0.05, 0.1) is 16.4 Å². The number of anilines is 2. The number of rotatable bonds is 4. The van der Waals surface area contributed by atoms with E-state index in [1.165, 1.54) is 0 Å². The van der Waals surface area contributed by atoms with Crippen molar-refractivity contribution in [3.8, 4) is 0 Å². The highest BCUT2D eigenvalue weighted by Crippen LogP contribution is 2.21. The number of hydrogen-bond acceptors (Lipinski definition) is 6. The second-order valence-electron chi connectivity index (χ2n) is 6.09. The Balaban J connectivity index is 1.45. The molecule has 0 spiro atoms. The Morgan fingerprint density at radius 1 is 1.28 bits per heavy atom. The third-order valence-electron chi connectivity index (χ3n) is 4.48. The summed E-state index contributed by atoms with van der Waals surface area (Å²) in [5.41, 5.74) is 2.50. The molecule has 3 aromatic rings. The minimum atomic E-state index is 0.0836. The van der Waals surface area contributed by atoms with E-state index in [4.69, 9.17) is 0 Å². The van der Waals surface area contributed by atoms with Crippen molar-refractivity contribution in [1.29, 1.82) is 0 Å². The maximum absolute atomic E-state index is 12.5. The molecule has 0 saturated carbocycles. The highest BCUT2D eigenvalue weighted by Gasteiger charge is 2.25. The van der Waals surface area contributed by atoms with Gasteiger partial charge in [-0.3, -0.25) is 4.79 Å². The molecular formula is C18H19N5OS. The summed E-state index contributed by atoms with van der Waals surface area (Å²) in [6.07, 6.45) is 2.82. The Hall–Kier alpha value is -2.51. The molecule has 128 valence electrons. The molecular weight excluding hydrogens is 334 g/mol. The lowest BCUT2D eigenvalue weighted by Crippen LogP contribution is -2.33. The summed E-state index contributed by atoms with van der Waals surface area (Å²) < 4.78 is 1.07. The SMILES string of the molecule is CNC1CCN(C(=O)c2ccc(Nc3ncc4sccc4n3)cc2)C1. The van der Waals surface area contributed by atoms with E-state index in [1.807, 2.05) is 53.9 Å². The zero-order valence-electron chi connectivity index (χ0n) is 13.9. The monoisotopic (exact) mass is 353 g/mol. The fourth-order valence-corrected chi connectivity index (χ4v) is 3.71. The van der Waals surface area contributed by atoms with Crippen LogP contribution in [0.2, 0.25) is 0 Å². The van der Waals surface area contributed by atoms with Gasteiger partial charge < -0.3 is 15.5 Å². The molecule has 7 heteroatoms. The number of carbonyl (C=O) groups is 1. The first-order valence-electron chi connectivity index (χ1n) is 8.27. The molecule has 0 aliphatic carbocycles. The molecule has 1 fully saturated rings. The average Bonchev–Trinajstić information content (AvgIpc) is 3.30. The van der Waals surface area contributed by atoms with Gasteiger partial charge in [0, 0.05) is 30.4 Å². The smallest absolute Gasteiger partial charge is 0.253 e. The van der Waals surface area contributed by atoms with Crippen molar-refractivity contribution in [2.75, 3.05) is 25.5 Å². The fourth-order valence-electron chi connectivity index (χ4n) is 3.01. The topological polar surface area (TPSA) is 70.2 Å². The van der Waals surface area contributed by atoms with E-state index in [-0.39, 0.29) is 5.91 Å². The Morgan fingerprint density at radius 2 is 2.12 bits per heavy atom. The van der Waals surface area contributed by atoms with Gasteiger partial charge in [-0.05, 0) is 49.2 Å². The van der Waals surface area contributed by atoms with Crippen LogP contribution < -0.4 is 10.6 Å². The van der Waals surface area contributed by atoms with E-state index in [2.05, 4.69) is 20.6 Å². The molecule has 25 heavy (non-hydrogen) atoms. The zero-order valence-corrected chi connectivity index (χ0v) is 14.7. The number of fused-ring (bicyclic) bond motifs is 1. The molecule has 0 bridgehead atoms. The summed E-state index contributed by atoms with van der Waals surface area (Å²) in [6, 6.07) is 9.85. The molecule has 1 aromatic carbocycles. The number of carbonyl (C=O) groups excluding carboxylic acids is 1. The summed E-state index contributed by atoms with van der Waals surface area (Å²) in [4.78, 5) is 23.2. The van der Waals surface area contributed by atoms with Crippen LogP contribution in [0.1, 0.15) is 16.8 Å². The number of nitrogens with zero attached hydrogens (tertiary/aromatic N) is 3. The van der Waals surface area contributed by atoms with Gasteiger partial charge in [0.1, 0.15) is 0 Å². The lowest BCUT2D eigenvalue weighted by molar-refractivity contribution is 0.0790. The van der Waals surface area contributed by atoms with Crippen molar-refractivity contribution in [1.82, 2.24) is 20.2 Å².